The van der Waals surface area contributed by atoms with E-state index in [0.717, 1.165) is 0 Å². The van der Waals surface area contributed by atoms with Crippen molar-refractivity contribution in [1.29, 1.82) is 0 Å². The summed E-state index contributed by atoms with van der Waals surface area (Å²) in [5.74, 6) is 0. The van der Waals surface area contributed by atoms with Crippen LogP contribution in [0.2, 0.25) is 0 Å². The molecule has 3 atom stereocenters. The number of hydrogen-bond acceptors (Lipinski definition) is 6. The minimum absolute atomic E-state index is 0.307. The summed E-state index contributed by atoms with van der Waals surface area (Å²) in [5.41, 5.74) is -0.0171. The predicted octanol–water partition coefficient (Wildman–Crippen LogP) is -1.33. The number of para-hydroxylation sites is 2. The van der Waals surface area contributed by atoms with E-state index in [1.54, 1.807) is 24.3 Å². The normalized spacial score (nSPS) is 16.2. The third-order valence-electron chi connectivity index (χ3n) is 2.81. The zero-order valence-electron chi connectivity index (χ0n) is 9.89. The van der Waals surface area contributed by atoms with E-state index in [1.807, 2.05) is 0 Å². The van der Waals surface area contributed by atoms with E-state index in [4.69, 9.17) is 5.11 Å². The molecule has 2 aromatic rings. The quantitative estimate of drug-likeness (QED) is 0.466. The molecule has 0 aliphatic heterocycles. The second-order valence-corrected chi connectivity index (χ2v) is 4.15. The van der Waals surface area contributed by atoms with Gasteiger partial charge in [-0.3, -0.25) is 4.79 Å². The molecule has 0 aliphatic carbocycles. The van der Waals surface area contributed by atoms with Gasteiger partial charge in [-0.2, -0.15) is 0 Å². The molecular formula is C12H14N2O5. The lowest BCUT2D eigenvalue weighted by Crippen LogP contribution is -2.37. The summed E-state index contributed by atoms with van der Waals surface area (Å²) >= 11 is 0. The molecule has 1 aromatic carbocycles. The molecule has 0 saturated carbocycles. The molecule has 0 aliphatic rings. The number of aromatic amines is 1. The van der Waals surface area contributed by atoms with Crippen LogP contribution in [-0.2, 0) is 0 Å². The van der Waals surface area contributed by atoms with Crippen LogP contribution < -0.4 is 5.56 Å². The first-order valence-electron chi connectivity index (χ1n) is 5.68. The molecular weight excluding hydrogens is 252 g/mol. The van der Waals surface area contributed by atoms with Crippen LogP contribution in [0, 0.1) is 0 Å². The maximum absolute atomic E-state index is 11.8. The van der Waals surface area contributed by atoms with E-state index < -0.39 is 30.5 Å². The molecule has 7 heteroatoms. The average molecular weight is 266 g/mol. The molecule has 1 aromatic heterocycles. The van der Waals surface area contributed by atoms with Crippen LogP contribution >= 0.6 is 0 Å². The van der Waals surface area contributed by atoms with E-state index in [9.17, 15) is 20.1 Å². The molecule has 0 bridgehead atoms. The number of nitrogens with zero attached hydrogens (tertiary/aromatic N) is 1. The first-order chi connectivity index (χ1) is 9.04. The summed E-state index contributed by atoms with van der Waals surface area (Å²) in [7, 11) is 0. The van der Waals surface area contributed by atoms with Crippen molar-refractivity contribution in [3.8, 4) is 0 Å². The van der Waals surface area contributed by atoms with E-state index in [-0.39, 0.29) is 5.69 Å². The number of aliphatic hydroxyl groups excluding tert-OH is 4. The molecule has 0 saturated heterocycles. The molecule has 5 N–H and O–H groups in total. The number of benzene rings is 1. The van der Waals surface area contributed by atoms with Crippen LogP contribution in [0.3, 0.4) is 0 Å². The second-order valence-electron chi connectivity index (χ2n) is 4.15. The maximum atomic E-state index is 11.8. The smallest absolute Gasteiger partial charge is 0.272 e. The first-order valence-corrected chi connectivity index (χ1v) is 5.68. The number of nitrogens with one attached hydrogen (secondary N) is 1. The Balaban J connectivity index is 2.44. The van der Waals surface area contributed by atoms with Crippen LogP contribution in [0.15, 0.2) is 29.1 Å². The Morgan fingerprint density at radius 1 is 1.21 bits per heavy atom. The summed E-state index contributed by atoms with van der Waals surface area (Å²) in [6.45, 7) is -0.732. The van der Waals surface area contributed by atoms with E-state index in [2.05, 4.69) is 9.97 Å². The molecule has 19 heavy (non-hydrogen) atoms. The minimum Gasteiger partial charge on any atom is -0.394 e. The molecule has 0 fully saturated rings. The first kappa shape index (κ1) is 13.6. The molecule has 102 valence electrons. The Labute approximate surface area is 107 Å². The van der Waals surface area contributed by atoms with Gasteiger partial charge in [0.2, 0.25) is 0 Å². The highest BCUT2D eigenvalue weighted by molar-refractivity contribution is 5.73. The standard InChI is InChI=1S/C12H14N2O5/c15-5-8(16)10(17)11(18)9-12(19)14-7-4-2-1-3-6(7)13-9/h1-4,8,10-11,15-18H,5H2,(H,14,19). The van der Waals surface area contributed by atoms with Gasteiger partial charge in [0.15, 0.2) is 0 Å². The van der Waals surface area contributed by atoms with Crippen LogP contribution in [-0.4, -0.2) is 49.2 Å². The number of aliphatic hydroxyl groups is 4. The summed E-state index contributed by atoms with van der Waals surface area (Å²) in [4.78, 5) is 18.2. The van der Waals surface area contributed by atoms with Gasteiger partial charge < -0.3 is 25.4 Å². The third-order valence-corrected chi connectivity index (χ3v) is 2.81. The van der Waals surface area contributed by atoms with Gasteiger partial charge in [0, 0.05) is 0 Å². The molecule has 0 spiro atoms. The zero-order chi connectivity index (χ0) is 14.0. The fraction of sp³-hybridized carbons (Fsp3) is 0.333. The van der Waals surface area contributed by atoms with Gasteiger partial charge in [-0.25, -0.2) is 4.98 Å². The minimum atomic E-state index is -1.69. The van der Waals surface area contributed by atoms with Gasteiger partial charge in [0.25, 0.3) is 5.56 Å². The summed E-state index contributed by atoms with van der Waals surface area (Å²) in [6, 6.07) is 6.72. The Morgan fingerprint density at radius 2 is 1.89 bits per heavy atom. The van der Waals surface area contributed by atoms with Crippen molar-refractivity contribution < 1.29 is 20.4 Å². The highest BCUT2D eigenvalue weighted by Crippen LogP contribution is 2.16. The van der Waals surface area contributed by atoms with Crippen LogP contribution in [0.5, 0.6) is 0 Å². The van der Waals surface area contributed by atoms with E-state index in [0.29, 0.717) is 11.0 Å². The second kappa shape index (κ2) is 5.45. The fourth-order valence-electron chi connectivity index (χ4n) is 1.72. The molecule has 0 radical (unpaired) electrons. The number of rotatable bonds is 4. The summed E-state index contributed by atoms with van der Waals surface area (Å²) < 4.78 is 0. The Morgan fingerprint density at radius 3 is 2.58 bits per heavy atom. The van der Waals surface area contributed by atoms with E-state index in [1.165, 1.54) is 0 Å². The number of H-pyrrole nitrogens is 1. The molecule has 1 heterocycles. The van der Waals surface area contributed by atoms with Gasteiger partial charge in [-0.15, -0.1) is 0 Å². The Hall–Kier alpha value is -1.80. The predicted molar refractivity (Wildman–Crippen MR) is 66.4 cm³/mol. The van der Waals surface area contributed by atoms with Crippen molar-refractivity contribution in [2.45, 2.75) is 18.3 Å². The fourth-order valence-corrected chi connectivity index (χ4v) is 1.72. The summed E-state index contributed by atoms with van der Waals surface area (Å²) in [6.07, 6.45) is -4.93. The monoisotopic (exact) mass is 266 g/mol. The summed E-state index contributed by atoms with van der Waals surface area (Å²) in [5, 5.41) is 37.4. The topological polar surface area (TPSA) is 127 Å². The zero-order valence-corrected chi connectivity index (χ0v) is 9.89. The largest absolute Gasteiger partial charge is 0.394 e. The van der Waals surface area contributed by atoms with Gasteiger partial charge in [-0.1, -0.05) is 12.1 Å². The number of aromatic nitrogens is 2. The highest BCUT2D eigenvalue weighted by atomic mass is 16.4. The Kier molecular flexibility index (Phi) is 3.91. The lowest BCUT2D eigenvalue weighted by Gasteiger charge is -2.20. The third kappa shape index (κ3) is 2.64. The lowest BCUT2D eigenvalue weighted by atomic mass is 10.1. The van der Waals surface area contributed by atoms with Crippen LogP contribution in [0.25, 0.3) is 11.0 Å². The van der Waals surface area contributed by atoms with Crippen molar-refractivity contribution in [2.24, 2.45) is 0 Å². The van der Waals surface area contributed by atoms with Crippen LogP contribution in [0.4, 0.5) is 0 Å². The molecule has 0 amide bonds. The highest BCUT2D eigenvalue weighted by Gasteiger charge is 2.28. The molecule has 7 nitrogen and oxygen atoms in total. The van der Waals surface area contributed by atoms with E-state index >= 15 is 0 Å². The van der Waals surface area contributed by atoms with Gasteiger partial charge in [-0.05, 0) is 12.1 Å². The SMILES string of the molecule is O=c1[nH]c2ccccc2nc1C(O)C(O)C(O)CO. The van der Waals surface area contributed by atoms with Crippen molar-refractivity contribution in [1.82, 2.24) is 9.97 Å². The molecule has 2 rings (SSSR count). The van der Waals surface area contributed by atoms with Gasteiger partial charge in [0.05, 0.1) is 17.6 Å². The maximum Gasteiger partial charge on any atom is 0.272 e. The van der Waals surface area contributed by atoms with Crippen molar-refractivity contribution in [3.63, 3.8) is 0 Å². The number of fused-ring (bicyclic) bond motifs is 1. The van der Waals surface area contributed by atoms with Gasteiger partial charge in [0.1, 0.15) is 24.0 Å². The Bertz CT molecular complexity index is 627. The van der Waals surface area contributed by atoms with Crippen LogP contribution in [0.1, 0.15) is 11.8 Å². The molecule has 3 unspecified atom stereocenters. The number of hydrogen-bond donors (Lipinski definition) is 5. The van der Waals surface area contributed by atoms with Gasteiger partial charge >= 0.3 is 0 Å². The van der Waals surface area contributed by atoms with Crippen molar-refractivity contribution in [2.75, 3.05) is 6.61 Å². The van der Waals surface area contributed by atoms with Crippen molar-refractivity contribution in [3.05, 3.63) is 40.3 Å². The average Bonchev–Trinajstić information content (AvgIpc) is 2.44. The van der Waals surface area contributed by atoms with Crippen molar-refractivity contribution >= 4 is 11.0 Å². The lowest BCUT2D eigenvalue weighted by molar-refractivity contribution is -0.0792.